The van der Waals surface area contributed by atoms with Gasteiger partial charge in [-0.1, -0.05) is 13.8 Å². The Bertz CT molecular complexity index is 166. The maximum atomic E-state index is 4.50. The minimum atomic E-state index is -1.50. The molecule has 0 saturated heterocycles. The van der Waals surface area contributed by atoms with Crippen molar-refractivity contribution in [2.45, 2.75) is 86.0 Å². The van der Waals surface area contributed by atoms with Crippen LogP contribution in [0.15, 0.2) is 0 Å². The maximum absolute atomic E-state index is 4.50. The van der Waals surface area contributed by atoms with Gasteiger partial charge in [0.05, 0.1) is 0 Å². The molecule has 21 heavy (non-hydrogen) atoms. The Kier molecular flexibility index (Phi) is 15.9. The van der Waals surface area contributed by atoms with Gasteiger partial charge in [0.15, 0.2) is 0 Å². The van der Waals surface area contributed by atoms with Crippen LogP contribution >= 0.6 is 6.60 Å². The van der Waals surface area contributed by atoms with Crippen molar-refractivity contribution in [1.82, 2.24) is 0 Å². The quantitative estimate of drug-likeness (QED) is 0.310. The third-order valence-corrected chi connectivity index (χ3v) is 12.8. The van der Waals surface area contributed by atoms with E-state index in [0.717, 1.165) is 0 Å². The van der Waals surface area contributed by atoms with E-state index in [2.05, 4.69) is 41.5 Å². The molecule has 0 aromatic heterocycles. The molecule has 0 saturated carbocycles. The van der Waals surface area contributed by atoms with Crippen molar-refractivity contribution in [1.29, 1.82) is 0 Å². The van der Waals surface area contributed by atoms with E-state index >= 15 is 0 Å². The Hall–Kier alpha value is 0.430. The first kappa shape index (κ1) is 23.7. The van der Waals surface area contributed by atoms with Gasteiger partial charge in [-0.2, -0.15) is 0 Å². The summed E-state index contributed by atoms with van der Waals surface area (Å²) in [6, 6.07) is 0. The van der Waals surface area contributed by atoms with Crippen LogP contribution in [0.25, 0.3) is 0 Å². The average Bonchev–Trinajstić information content (AvgIpc) is 2.56. The summed E-state index contributed by atoms with van der Waals surface area (Å²) in [5.41, 5.74) is 0. The predicted molar refractivity (Wildman–Crippen MR) is 107 cm³/mol. The Balaban J connectivity index is 0. The molecule has 0 nitrogen and oxygen atoms in total. The second-order valence-electron chi connectivity index (χ2n) is 6.77. The predicted octanol–water partition coefficient (Wildman–Crippen LogP) is 7.41. The van der Waals surface area contributed by atoms with Gasteiger partial charge in [0, 0.05) is 0 Å². The third kappa shape index (κ3) is 8.59. The summed E-state index contributed by atoms with van der Waals surface area (Å²) in [4.78, 5) is 0. The van der Waals surface area contributed by atoms with Gasteiger partial charge in [0.1, 0.15) is 0 Å². The summed E-state index contributed by atoms with van der Waals surface area (Å²) in [5, 5.41) is 0. The zero-order valence-corrected chi connectivity index (χ0v) is 16.9. The van der Waals surface area contributed by atoms with E-state index in [4.69, 9.17) is 0 Å². The Labute approximate surface area is 137 Å². The molecule has 0 rings (SSSR count). The van der Waals surface area contributed by atoms with Crippen molar-refractivity contribution in [3.63, 3.8) is 0 Å². The van der Waals surface area contributed by atoms with Crippen LogP contribution in [0.1, 0.15) is 86.0 Å². The Morgan fingerprint density at radius 1 is 0.571 bits per heavy atom. The standard InChI is InChI=1S/C18H40P.C2H5/c1-6-11-15-19(10-5,16-12-7-2,17-13-8-3)18-14-9-4;1-2/h5-18H2,1-4H3;1H2,2H3. The van der Waals surface area contributed by atoms with Crippen LogP contribution in [-0.2, 0) is 0 Å². The first-order chi connectivity index (χ1) is 10.1. The fraction of sp³-hybridized carbons (Fsp3) is 0.900. The van der Waals surface area contributed by atoms with E-state index in [1.165, 1.54) is 57.5 Å². The number of hydrogen-bond donors (Lipinski definition) is 0. The summed E-state index contributed by atoms with van der Waals surface area (Å²) in [6.07, 6.45) is 18.7. The first-order valence-corrected chi connectivity index (χ1v) is 12.8. The summed E-state index contributed by atoms with van der Waals surface area (Å²) < 4.78 is 0. The molecule has 130 valence electrons. The van der Waals surface area contributed by atoms with E-state index in [9.17, 15) is 0 Å². The average molecular weight is 317 g/mol. The fourth-order valence-electron chi connectivity index (χ4n) is 3.54. The van der Waals surface area contributed by atoms with Crippen LogP contribution < -0.4 is 0 Å². The van der Waals surface area contributed by atoms with Crippen LogP contribution in [-0.4, -0.2) is 30.8 Å². The topological polar surface area (TPSA) is 0 Å². The fourth-order valence-corrected chi connectivity index (χ4v) is 10.6. The molecule has 0 bridgehead atoms. The molecule has 0 heterocycles. The van der Waals surface area contributed by atoms with Crippen molar-refractivity contribution in [3.05, 3.63) is 13.8 Å². The van der Waals surface area contributed by atoms with Gasteiger partial charge in [0.25, 0.3) is 0 Å². The molecule has 0 aliphatic carbocycles. The summed E-state index contributed by atoms with van der Waals surface area (Å²) >= 11 is 0. The molecule has 0 spiro atoms. The molecule has 0 aromatic carbocycles. The van der Waals surface area contributed by atoms with Crippen molar-refractivity contribution < 1.29 is 0 Å². The van der Waals surface area contributed by atoms with Gasteiger partial charge < -0.3 is 0 Å². The van der Waals surface area contributed by atoms with E-state index < -0.39 is 6.60 Å². The zero-order chi connectivity index (χ0) is 16.6. The monoisotopic (exact) mass is 316 g/mol. The van der Waals surface area contributed by atoms with Crippen LogP contribution in [0.4, 0.5) is 0 Å². The van der Waals surface area contributed by atoms with Gasteiger partial charge in [-0.25, -0.2) is 0 Å². The van der Waals surface area contributed by atoms with Gasteiger partial charge in [0.2, 0.25) is 0 Å². The SMILES string of the molecule is [CH2]C.[CH2]CP(CCCC)(CCCC)(CCCC)CCCC. The van der Waals surface area contributed by atoms with Crippen LogP contribution in [0.3, 0.4) is 0 Å². The molecular weight excluding hydrogens is 271 g/mol. The van der Waals surface area contributed by atoms with Gasteiger partial charge >= 0.3 is 123 Å². The first-order valence-electron chi connectivity index (χ1n) is 9.62. The van der Waals surface area contributed by atoms with Gasteiger partial charge in [-0.15, -0.1) is 0 Å². The third-order valence-electron chi connectivity index (χ3n) is 5.21. The van der Waals surface area contributed by atoms with Crippen molar-refractivity contribution in [2.75, 3.05) is 30.8 Å². The van der Waals surface area contributed by atoms with E-state index in [1.807, 2.05) is 0 Å². The van der Waals surface area contributed by atoms with E-state index in [0.29, 0.717) is 0 Å². The van der Waals surface area contributed by atoms with Crippen molar-refractivity contribution >= 4 is 6.60 Å². The van der Waals surface area contributed by atoms with Crippen LogP contribution in [0.2, 0.25) is 0 Å². The molecule has 0 atom stereocenters. The Morgan fingerprint density at radius 2 is 0.810 bits per heavy atom. The molecule has 2 radical (unpaired) electrons. The molecule has 0 aromatic rings. The minimum absolute atomic E-state index is 1.28. The summed E-state index contributed by atoms with van der Waals surface area (Å²) in [5.74, 6) is 0. The van der Waals surface area contributed by atoms with E-state index in [-0.39, 0.29) is 0 Å². The van der Waals surface area contributed by atoms with Gasteiger partial charge in [-0.3, -0.25) is 0 Å². The van der Waals surface area contributed by atoms with E-state index in [1.54, 1.807) is 31.6 Å². The number of unbranched alkanes of at least 4 members (excludes halogenated alkanes) is 4. The number of hydrogen-bond acceptors (Lipinski definition) is 0. The van der Waals surface area contributed by atoms with Crippen molar-refractivity contribution in [3.8, 4) is 0 Å². The second kappa shape index (κ2) is 14.0. The molecule has 0 aliphatic rings. The second-order valence-corrected chi connectivity index (χ2v) is 13.5. The molecule has 0 unspecified atom stereocenters. The summed E-state index contributed by atoms with van der Waals surface area (Å²) in [6.45, 7) is 17.4. The number of rotatable bonds is 13. The van der Waals surface area contributed by atoms with Crippen LogP contribution in [0, 0.1) is 13.8 Å². The molecule has 0 amide bonds. The molecule has 0 aliphatic heterocycles. The normalized spacial score (nSPS) is 13.2. The Morgan fingerprint density at radius 3 is 0.952 bits per heavy atom. The molecule has 0 fully saturated rings. The molecular formula is C20H45P. The van der Waals surface area contributed by atoms with Gasteiger partial charge in [-0.05, 0) is 0 Å². The van der Waals surface area contributed by atoms with Crippen LogP contribution in [0.5, 0.6) is 0 Å². The van der Waals surface area contributed by atoms with Crippen molar-refractivity contribution in [2.24, 2.45) is 0 Å². The summed E-state index contributed by atoms with van der Waals surface area (Å²) in [7, 11) is 0. The molecule has 0 N–H and O–H groups in total. The zero-order valence-electron chi connectivity index (χ0n) is 16.1. The molecule has 1 heteroatoms.